The molecule has 3 heterocycles. The molecular weight excluding hydrogens is 328 g/mol. The first kappa shape index (κ1) is 16.7. The van der Waals surface area contributed by atoms with Crippen molar-refractivity contribution in [2.75, 3.05) is 26.8 Å². The third kappa shape index (κ3) is 4.01. The van der Waals surface area contributed by atoms with Crippen LogP contribution in [0.25, 0.3) is 0 Å². The van der Waals surface area contributed by atoms with Crippen LogP contribution in [0.4, 0.5) is 4.79 Å². The van der Waals surface area contributed by atoms with Crippen molar-refractivity contribution >= 4 is 17.4 Å². The Morgan fingerprint density at radius 3 is 3.12 bits per heavy atom. The van der Waals surface area contributed by atoms with Crippen LogP contribution in [-0.2, 0) is 11.3 Å². The van der Waals surface area contributed by atoms with Gasteiger partial charge in [-0.2, -0.15) is 0 Å². The van der Waals surface area contributed by atoms with Gasteiger partial charge in [0.05, 0.1) is 32.5 Å². The van der Waals surface area contributed by atoms with E-state index in [1.165, 1.54) is 0 Å². The second-order valence-electron chi connectivity index (χ2n) is 5.46. The van der Waals surface area contributed by atoms with Crippen molar-refractivity contribution in [1.82, 2.24) is 20.2 Å². The van der Waals surface area contributed by atoms with Gasteiger partial charge in [0, 0.05) is 23.7 Å². The molecule has 1 atom stereocenters. The van der Waals surface area contributed by atoms with Crippen molar-refractivity contribution in [2.24, 2.45) is 0 Å². The molecule has 1 aliphatic rings. The van der Waals surface area contributed by atoms with E-state index in [1.807, 2.05) is 24.4 Å². The van der Waals surface area contributed by atoms with E-state index in [0.717, 1.165) is 16.4 Å². The molecule has 1 aliphatic heterocycles. The summed E-state index contributed by atoms with van der Waals surface area (Å²) in [6, 6.07) is 5.35. The van der Waals surface area contributed by atoms with Crippen LogP contribution in [0, 0.1) is 6.92 Å². The first-order chi connectivity index (χ1) is 11.7. The normalized spacial score (nSPS) is 17.6. The van der Waals surface area contributed by atoms with Gasteiger partial charge < -0.3 is 19.7 Å². The number of hydrogen-bond acceptors (Lipinski definition) is 6. The largest absolute Gasteiger partial charge is 0.481 e. The quantitative estimate of drug-likeness (QED) is 0.916. The highest BCUT2D eigenvalue weighted by atomic mass is 32.1. The Labute approximate surface area is 144 Å². The summed E-state index contributed by atoms with van der Waals surface area (Å²) in [5, 5.41) is 5.80. The van der Waals surface area contributed by atoms with Crippen LogP contribution in [0.3, 0.4) is 0 Å². The fraction of sp³-hybridized carbons (Fsp3) is 0.438. The van der Waals surface area contributed by atoms with E-state index in [4.69, 9.17) is 9.47 Å². The van der Waals surface area contributed by atoms with Crippen LogP contribution in [0.15, 0.2) is 23.6 Å². The van der Waals surface area contributed by atoms with Crippen LogP contribution in [0.5, 0.6) is 5.88 Å². The Balaban J connectivity index is 1.56. The lowest BCUT2D eigenvalue weighted by molar-refractivity contribution is -0.0156. The van der Waals surface area contributed by atoms with Crippen LogP contribution in [0.1, 0.15) is 22.5 Å². The number of morpholine rings is 1. The summed E-state index contributed by atoms with van der Waals surface area (Å²) in [6.07, 6.45) is -0.154. The molecule has 0 aromatic carbocycles. The molecule has 2 aromatic heterocycles. The van der Waals surface area contributed by atoms with Gasteiger partial charge in [-0.3, -0.25) is 0 Å². The van der Waals surface area contributed by atoms with Gasteiger partial charge in [0.1, 0.15) is 11.1 Å². The Hall–Kier alpha value is -2.19. The molecule has 8 heteroatoms. The summed E-state index contributed by atoms with van der Waals surface area (Å²) in [5.41, 5.74) is 1.73. The molecule has 0 bridgehead atoms. The number of urea groups is 1. The third-order valence-corrected chi connectivity index (χ3v) is 4.73. The summed E-state index contributed by atoms with van der Waals surface area (Å²) in [5.74, 6) is 0.535. The molecule has 3 rings (SSSR count). The topological polar surface area (TPSA) is 76.6 Å². The van der Waals surface area contributed by atoms with Crippen LogP contribution in [-0.4, -0.2) is 47.7 Å². The van der Waals surface area contributed by atoms with Crippen molar-refractivity contribution in [3.8, 4) is 5.88 Å². The monoisotopic (exact) mass is 348 g/mol. The Morgan fingerprint density at radius 1 is 1.50 bits per heavy atom. The zero-order valence-electron chi connectivity index (χ0n) is 13.7. The van der Waals surface area contributed by atoms with Crippen molar-refractivity contribution < 1.29 is 14.3 Å². The molecule has 1 N–H and O–H groups in total. The molecule has 2 aromatic rings. The minimum atomic E-state index is -0.154. The molecule has 24 heavy (non-hydrogen) atoms. The van der Waals surface area contributed by atoms with E-state index >= 15 is 0 Å². The number of nitrogens with one attached hydrogen (secondary N) is 1. The molecule has 7 nitrogen and oxygen atoms in total. The van der Waals surface area contributed by atoms with Crippen molar-refractivity contribution in [2.45, 2.75) is 19.6 Å². The highest BCUT2D eigenvalue weighted by Crippen LogP contribution is 2.25. The maximum atomic E-state index is 12.4. The van der Waals surface area contributed by atoms with Gasteiger partial charge in [0.2, 0.25) is 5.88 Å². The SMILES string of the molecule is COc1cccc(CNC(=O)N2CCOC(c3nc(C)cs3)C2)n1. The number of pyridine rings is 1. The molecule has 0 saturated carbocycles. The molecule has 128 valence electrons. The maximum absolute atomic E-state index is 12.4. The third-order valence-electron chi connectivity index (χ3n) is 3.68. The first-order valence-electron chi connectivity index (χ1n) is 7.72. The van der Waals surface area contributed by atoms with Gasteiger partial charge in [0.25, 0.3) is 0 Å². The number of methoxy groups -OCH3 is 1. The number of rotatable bonds is 4. The standard InChI is InChI=1S/C16H20N4O3S/c1-11-10-24-15(18-11)13-9-20(6-7-23-13)16(21)17-8-12-4-3-5-14(19-12)22-2/h3-5,10,13H,6-9H2,1-2H3,(H,17,21). The number of thiazole rings is 1. The summed E-state index contributed by atoms with van der Waals surface area (Å²) in [6.45, 7) is 3.89. The maximum Gasteiger partial charge on any atom is 0.317 e. The van der Waals surface area contributed by atoms with Crippen molar-refractivity contribution in [3.05, 3.63) is 40.0 Å². The minimum Gasteiger partial charge on any atom is -0.481 e. The highest BCUT2D eigenvalue weighted by Gasteiger charge is 2.27. The van der Waals surface area contributed by atoms with E-state index in [1.54, 1.807) is 29.4 Å². The Bertz CT molecular complexity index is 706. The molecule has 2 amide bonds. The average Bonchev–Trinajstić information content (AvgIpc) is 3.06. The second-order valence-corrected chi connectivity index (χ2v) is 6.35. The number of aryl methyl sites for hydroxylation is 1. The van der Waals surface area contributed by atoms with E-state index in [2.05, 4.69) is 15.3 Å². The molecule has 0 radical (unpaired) electrons. The van der Waals surface area contributed by atoms with E-state index in [9.17, 15) is 4.79 Å². The predicted octanol–water partition coefficient (Wildman–Crippen LogP) is 2.14. The Kier molecular flexibility index (Phi) is 5.27. The van der Waals surface area contributed by atoms with Crippen LogP contribution < -0.4 is 10.1 Å². The zero-order valence-corrected chi connectivity index (χ0v) is 14.5. The fourth-order valence-electron chi connectivity index (χ4n) is 2.45. The summed E-state index contributed by atoms with van der Waals surface area (Å²) in [7, 11) is 1.57. The van der Waals surface area contributed by atoms with Gasteiger partial charge in [-0.25, -0.2) is 14.8 Å². The molecule has 0 spiro atoms. The number of carbonyl (C=O) groups excluding carboxylic acids is 1. The van der Waals surface area contributed by atoms with Gasteiger partial charge in [-0.1, -0.05) is 6.07 Å². The number of nitrogens with zero attached hydrogens (tertiary/aromatic N) is 3. The Morgan fingerprint density at radius 2 is 2.38 bits per heavy atom. The first-order valence-corrected chi connectivity index (χ1v) is 8.60. The number of hydrogen-bond donors (Lipinski definition) is 1. The predicted molar refractivity (Wildman–Crippen MR) is 90.1 cm³/mol. The molecule has 0 aliphatic carbocycles. The van der Waals surface area contributed by atoms with Crippen molar-refractivity contribution in [1.29, 1.82) is 0 Å². The lowest BCUT2D eigenvalue weighted by atomic mass is 10.3. The molecule has 1 fully saturated rings. The smallest absolute Gasteiger partial charge is 0.317 e. The van der Waals surface area contributed by atoms with E-state index in [-0.39, 0.29) is 12.1 Å². The number of amides is 2. The molecular formula is C16H20N4O3S. The molecule has 1 saturated heterocycles. The van der Waals surface area contributed by atoms with Gasteiger partial charge in [-0.15, -0.1) is 11.3 Å². The van der Waals surface area contributed by atoms with Crippen molar-refractivity contribution in [3.63, 3.8) is 0 Å². The number of aromatic nitrogens is 2. The van der Waals surface area contributed by atoms with Crippen LogP contribution in [0.2, 0.25) is 0 Å². The average molecular weight is 348 g/mol. The fourth-order valence-corrected chi connectivity index (χ4v) is 3.29. The lowest BCUT2D eigenvalue weighted by Gasteiger charge is -2.32. The molecule has 1 unspecified atom stereocenters. The van der Waals surface area contributed by atoms with Gasteiger partial charge >= 0.3 is 6.03 Å². The highest BCUT2D eigenvalue weighted by molar-refractivity contribution is 7.09. The van der Waals surface area contributed by atoms with Gasteiger partial charge in [0.15, 0.2) is 0 Å². The van der Waals surface area contributed by atoms with Gasteiger partial charge in [-0.05, 0) is 13.0 Å². The number of ether oxygens (including phenoxy) is 2. The zero-order chi connectivity index (χ0) is 16.9. The van der Waals surface area contributed by atoms with E-state index < -0.39 is 0 Å². The van der Waals surface area contributed by atoms with Crippen LogP contribution >= 0.6 is 11.3 Å². The minimum absolute atomic E-state index is 0.124. The second kappa shape index (κ2) is 7.59. The summed E-state index contributed by atoms with van der Waals surface area (Å²) in [4.78, 5) is 22.9. The summed E-state index contributed by atoms with van der Waals surface area (Å²) < 4.78 is 10.8. The summed E-state index contributed by atoms with van der Waals surface area (Å²) >= 11 is 1.57. The van der Waals surface area contributed by atoms with E-state index in [0.29, 0.717) is 32.1 Å². The number of carbonyl (C=O) groups is 1. The lowest BCUT2D eigenvalue weighted by Crippen LogP contribution is -2.47.